The fraction of sp³-hybridized carbons (Fsp3) is 0.200. The Morgan fingerprint density at radius 2 is 2.15 bits per heavy atom. The van der Waals surface area contributed by atoms with Crippen LogP contribution >= 0.6 is 22.9 Å². The van der Waals surface area contributed by atoms with Crippen molar-refractivity contribution in [2.75, 3.05) is 12.4 Å². The number of carbonyl (C=O) groups is 2. The maximum absolute atomic E-state index is 13.2. The quantitative estimate of drug-likeness (QED) is 0.367. The Labute approximate surface area is 199 Å². The number of aryl methyl sites for hydroxylation is 1. The van der Waals surface area contributed by atoms with E-state index in [4.69, 9.17) is 4.74 Å². The van der Waals surface area contributed by atoms with Gasteiger partial charge in [-0.15, -0.1) is 0 Å². The van der Waals surface area contributed by atoms with Crippen molar-refractivity contribution in [3.05, 3.63) is 63.7 Å². The zero-order valence-corrected chi connectivity index (χ0v) is 19.6. The van der Waals surface area contributed by atoms with Gasteiger partial charge in [-0.25, -0.2) is 23.9 Å². The van der Waals surface area contributed by atoms with Crippen LogP contribution in [0.15, 0.2) is 35.4 Å². The monoisotopic (exact) mass is 503 g/mol. The SMILES string of the molecule is Cc1c(OC(=O)N(C)Cc2nsc(NC(=O)NCc3cccc(F)c3)n2)sc2nc[nH]c(=O)c12. The molecular formula is C20H18FN7O4S2. The molecule has 0 aliphatic carbocycles. The summed E-state index contributed by atoms with van der Waals surface area (Å²) < 4.78 is 22.8. The third-order valence-electron chi connectivity index (χ3n) is 4.59. The molecule has 0 aliphatic heterocycles. The molecule has 4 aromatic rings. The first-order valence-electron chi connectivity index (χ1n) is 9.81. The molecular weight excluding hydrogens is 485 g/mol. The molecule has 3 aromatic heterocycles. The van der Waals surface area contributed by atoms with E-state index in [0.717, 1.165) is 22.9 Å². The van der Waals surface area contributed by atoms with Crippen molar-refractivity contribution < 1.29 is 18.7 Å². The molecule has 0 saturated carbocycles. The number of anilines is 1. The zero-order chi connectivity index (χ0) is 24.2. The Kier molecular flexibility index (Phi) is 6.79. The van der Waals surface area contributed by atoms with Gasteiger partial charge in [-0.1, -0.05) is 23.5 Å². The van der Waals surface area contributed by atoms with Crippen molar-refractivity contribution >= 4 is 50.3 Å². The van der Waals surface area contributed by atoms with Crippen LogP contribution in [0.25, 0.3) is 10.2 Å². The molecule has 0 unspecified atom stereocenters. The summed E-state index contributed by atoms with van der Waals surface area (Å²) in [6, 6.07) is 5.37. The van der Waals surface area contributed by atoms with Gasteiger partial charge in [0.15, 0.2) is 10.9 Å². The number of aromatic nitrogens is 4. The highest BCUT2D eigenvalue weighted by Crippen LogP contribution is 2.34. The van der Waals surface area contributed by atoms with Crippen LogP contribution in [0.1, 0.15) is 17.0 Å². The van der Waals surface area contributed by atoms with Crippen LogP contribution in [0.2, 0.25) is 0 Å². The van der Waals surface area contributed by atoms with Gasteiger partial charge in [0.1, 0.15) is 10.6 Å². The van der Waals surface area contributed by atoms with Crippen LogP contribution in [-0.4, -0.2) is 43.4 Å². The maximum atomic E-state index is 13.2. The number of thiophene rings is 1. The first-order valence-corrected chi connectivity index (χ1v) is 11.4. The molecule has 11 nitrogen and oxygen atoms in total. The van der Waals surface area contributed by atoms with Gasteiger partial charge >= 0.3 is 12.1 Å². The fourth-order valence-corrected chi connectivity index (χ4v) is 4.50. The first-order chi connectivity index (χ1) is 16.3. The topological polar surface area (TPSA) is 142 Å². The third kappa shape index (κ3) is 5.35. The maximum Gasteiger partial charge on any atom is 0.416 e. The van der Waals surface area contributed by atoms with Crippen LogP contribution < -0.4 is 20.9 Å². The van der Waals surface area contributed by atoms with Gasteiger partial charge in [0.25, 0.3) is 5.56 Å². The normalized spacial score (nSPS) is 10.8. The van der Waals surface area contributed by atoms with E-state index in [1.54, 1.807) is 19.1 Å². The third-order valence-corrected chi connectivity index (χ3v) is 6.34. The number of aromatic amines is 1. The molecule has 34 heavy (non-hydrogen) atoms. The molecule has 0 spiro atoms. The molecule has 0 bridgehead atoms. The van der Waals surface area contributed by atoms with E-state index < -0.39 is 12.1 Å². The van der Waals surface area contributed by atoms with Gasteiger partial charge in [0.2, 0.25) is 5.13 Å². The largest absolute Gasteiger partial charge is 0.416 e. The molecule has 3 amide bonds. The number of nitrogens with one attached hydrogen (secondary N) is 3. The van der Waals surface area contributed by atoms with E-state index in [-0.39, 0.29) is 34.7 Å². The minimum atomic E-state index is -0.664. The minimum Gasteiger partial charge on any atom is -0.399 e. The molecule has 3 N–H and O–H groups in total. The van der Waals surface area contributed by atoms with Gasteiger partial charge in [-0.3, -0.25) is 10.1 Å². The summed E-state index contributed by atoms with van der Waals surface area (Å²) >= 11 is 2.05. The number of amides is 3. The first kappa shape index (κ1) is 23.3. The van der Waals surface area contributed by atoms with E-state index in [2.05, 4.69) is 30.0 Å². The number of hydrogen-bond acceptors (Lipinski definition) is 9. The van der Waals surface area contributed by atoms with Crippen molar-refractivity contribution in [3.63, 3.8) is 0 Å². The summed E-state index contributed by atoms with van der Waals surface area (Å²) in [4.78, 5) is 49.0. The lowest BCUT2D eigenvalue weighted by Crippen LogP contribution is -2.30. The summed E-state index contributed by atoms with van der Waals surface area (Å²) in [5.74, 6) is -0.0833. The van der Waals surface area contributed by atoms with E-state index in [1.807, 2.05) is 0 Å². The zero-order valence-electron chi connectivity index (χ0n) is 17.9. The number of nitrogens with zero attached hydrogens (tertiary/aromatic N) is 4. The van der Waals surface area contributed by atoms with E-state index in [0.29, 0.717) is 27.2 Å². The van der Waals surface area contributed by atoms with Crippen LogP contribution in [-0.2, 0) is 13.1 Å². The van der Waals surface area contributed by atoms with E-state index >= 15 is 0 Å². The molecule has 0 radical (unpaired) electrons. The average Bonchev–Trinajstić information content (AvgIpc) is 3.36. The lowest BCUT2D eigenvalue weighted by Gasteiger charge is -2.14. The highest BCUT2D eigenvalue weighted by atomic mass is 32.1. The highest BCUT2D eigenvalue weighted by molar-refractivity contribution is 7.20. The molecule has 1 aromatic carbocycles. The Morgan fingerprint density at radius 1 is 1.32 bits per heavy atom. The van der Waals surface area contributed by atoms with Crippen molar-refractivity contribution in [3.8, 4) is 5.06 Å². The molecule has 176 valence electrons. The summed E-state index contributed by atoms with van der Waals surface area (Å²) in [5.41, 5.74) is 0.835. The number of urea groups is 1. The van der Waals surface area contributed by atoms with Gasteiger partial charge < -0.3 is 19.9 Å². The Hall–Kier alpha value is -3.91. The molecule has 0 aliphatic rings. The molecule has 0 saturated heterocycles. The summed E-state index contributed by atoms with van der Waals surface area (Å²) in [7, 11) is 1.51. The van der Waals surface area contributed by atoms with Gasteiger partial charge in [-0.2, -0.15) is 4.37 Å². The van der Waals surface area contributed by atoms with Gasteiger partial charge in [0.05, 0.1) is 18.3 Å². The second-order valence-corrected chi connectivity index (χ2v) is 8.82. The summed E-state index contributed by atoms with van der Waals surface area (Å²) in [6.45, 7) is 1.85. The number of fused-ring (bicyclic) bond motifs is 1. The Morgan fingerprint density at radius 3 is 2.91 bits per heavy atom. The number of rotatable bonds is 6. The Balaban J connectivity index is 1.31. The lowest BCUT2D eigenvalue weighted by molar-refractivity contribution is 0.161. The number of H-pyrrole nitrogens is 1. The van der Waals surface area contributed by atoms with Crippen molar-refractivity contribution in [1.82, 2.24) is 29.5 Å². The van der Waals surface area contributed by atoms with E-state index in [1.165, 1.54) is 30.4 Å². The van der Waals surface area contributed by atoms with Gasteiger partial charge in [0, 0.05) is 30.7 Å². The fourth-order valence-electron chi connectivity index (χ4n) is 2.93. The van der Waals surface area contributed by atoms with Crippen LogP contribution in [0.3, 0.4) is 0 Å². The predicted molar refractivity (Wildman–Crippen MR) is 125 cm³/mol. The van der Waals surface area contributed by atoms with Crippen molar-refractivity contribution in [2.24, 2.45) is 0 Å². The number of carbonyl (C=O) groups excluding carboxylic acids is 2. The average molecular weight is 504 g/mol. The summed E-state index contributed by atoms with van der Waals surface area (Å²) in [5, 5.41) is 6.04. The smallest absolute Gasteiger partial charge is 0.399 e. The minimum absolute atomic E-state index is 0.0324. The molecule has 4 rings (SSSR count). The highest BCUT2D eigenvalue weighted by Gasteiger charge is 2.20. The second-order valence-electron chi connectivity index (χ2n) is 7.10. The molecule has 3 heterocycles. The lowest BCUT2D eigenvalue weighted by atomic mass is 10.2. The van der Waals surface area contributed by atoms with Crippen LogP contribution in [0, 0.1) is 12.7 Å². The number of ether oxygens (including phenoxy) is 1. The van der Waals surface area contributed by atoms with E-state index in [9.17, 15) is 18.8 Å². The molecule has 0 atom stereocenters. The van der Waals surface area contributed by atoms with Crippen molar-refractivity contribution in [2.45, 2.75) is 20.0 Å². The van der Waals surface area contributed by atoms with Crippen molar-refractivity contribution in [1.29, 1.82) is 0 Å². The standard InChI is InChI=1S/C20H18FN7O4S2/c1-10-14-15(29)23-9-24-16(14)33-17(10)32-20(31)28(2)8-13-25-19(34-27-13)26-18(30)22-7-11-4-3-5-12(21)6-11/h3-6,9H,7-8H2,1-2H3,(H,23,24,29)(H2,22,25,26,27,30). The second kappa shape index (κ2) is 9.93. The molecule has 14 heteroatoms. The number of hydrogen-bond donors (Lipinski definition) is 3. The van der Waals surface area contributed by atoms with Crippen LogP contribution in [0.5, 0.6) is 5.06 Å². The number of halogens is 1. The summed E-state index contributed by atoms with van der Waals surface area (Å²) in [6.07, 6.45) is 0.628. The van der Waals surface area contributed by atoms with Gasteiger partial charge in [-0.05, 0) is 24.6 Å². The molecule has 0 fully saturated rings. The Bertz CT molecular complexity index is 1420. The predicted octanol–water partition coefficient (Wildman–Crippen LogP) is 3.24. The number of benzene rings is 1. The van der Waals surface area contributed by atoms with Crippen LogP contribution in [0.4, 0.5) is 19.1 Å².